The number of likely N-dealkylation sites (N-methyl/N-ethyl adjacent to an activating group) is 1. The van der Waals surface area contributed by atoms with E-state index >= 15 is 0 Å². The molecular formula is C16H19Cl2N5. The number of nitrogens with zero attached hydrogens (tertiary/aromatic N) is 4. The molecular weight excluding hydrogens is 333 g/mol. The zero-order valence-corrected chi connectivity index (χ0v) is 14.7. The highest BCUT2D eigenvalue weighted by molar-refractivity contribution is 6.35. The molecule has 0 amide bonds. The van der Waals surface area contributed by atoms with Gasteiger partial charge in [-0.3, -0.25) is 0 Å². The third kappa shape index (κ3) is 4.05. The number of hydrogen-bond acceptors (Lipinski definition) is 5. The molecule has 0 saturated carbocycles. The summed E-state index contributed by atoms with van der Waals surface area (Å²) in [6, 6.07) is 7.27. The van der Waals surface area contributed by atoms with Crippen LogP contribution in [0, 0.1) is 6.92 Å². The molecule has 122 valence electrons. The van der Waals surface area contributed by atoms with Crippen LogP contribution in [0.5, 0.6) is 0 Å². The lowest BCUT2D eigenvalue weighted by Gasteiger charge is -2.33. The minimum atomic E-state index is 0.604. The van der Waals surface area contributed by atoms with Gasteiger partial charge in [0.2, 0.25) is 0 Å². The fourth-order valence-corrected chi connectivity index (χ4v) is 2.88. The van der Waals surface area contributed by atoms with Crippen LogP contribution in [-0.2, 0) is 0 Å². The van der Waals surface area contributed by atoms with Crippen molar-refractivity contribution in [3.8, 4) is 0 Å². The highest BCUT2D eigenvalue weighted by Crippen LogP contribution is 2.29. The molecule has 1 N–H and O–H groups in total. The van der Waals surface area contributed by atoms with Crippen molar-refractivity contribution in [2.75, 3.05) is 43.4 Å². The molecule has 1 aliphatic rings. The molecule has 0 radical (unpaired) electrons. The van der Waals surface area contributed by atoms with Crippen molar-refractivity contribution in [1.29, 1.82) is 0 Å². The van der Waals surface area contributed by atoms with Crippen LogP contribution in [0.2, 0.25) is 10.0 Å². The fourth-order valence-electron chi connectivity index (χ4n) is 2.54. The Labute approximate surface area is 146 Å². The number of aryl methyl sites for hydroxylation is 1. The summed E-state index contributed by atoms with van der Waals surface area (Å²) in [7, 11) is 2.14. The quantitative estimate of drug-likeness (QED) is 0.915. The van der Waals surface area contributed by atoms with E-state index in [1.54, 1.807) is 18.2 Å². The molecule has 2 aromatic rings. The molecule has 3 rings (SSSR count). The first kappa shape index (κ1) is 16.3. The van der Waals surface area contributed by atoms with E-state index in [2.05, 4.69) is 32.1 Å². The van der Waals surface area contributed by atoms with Crippen molar-refractivity contribution >= 4 is 40.5 Å². The van der Waals surface area contributed by atoms with E-state index in [0.717, 1.165) is 49.3 Å². The van der Waals surface area contributed by atoms with E-state index in [-0.39, 0.29) is 0 Å². The van der Waals surface area contributed by atoms with Crippen molar-refractivity contribution < 1.29 is 0 Å². The monoisotopic (exact) mass is 351 g/mol. The van der Waals surface area contributed by atoms with Gasteiger partial charge in [-0.05, 0) is 32.2 Å². The van der Waals surface area contributed by atoms with Gasteiger partial charge in [-0.2, -0.15) is 0 Å². The Hall–Kier alpha value is -1.56. The largest absolute Gasteiger partial charge is 0.354 e. The maximum atomic E-state index is 6.21. The molecule has 7 heteroatoms. The number of anilines is 3. The molecule has 1 saturated heterocycles. The molecule has 1 aliphatic heterocycles. The number of hydrogen-bond donors (Lipinski definition) is 1. The van der Waals surface area contributed by atoms with E-state index in [1.165, 1.54) is 0 Å². The first-order chi connectivity index (χ1) is 11.0. The van der Waals surface area contributed by atoms with E-state index < -0.39 is 0 Å². The number of aromatic nitrogens is 2. The summed E-state index contributed by atoms with van der Waals surface area (Å²) in [5, 5.41) is 4.47. The molecule has 5 nitrogen and oxygen atoms in total. The third-order valence-corrected chi connectivity index (χ3v) is 4.41. The van der Waals surface area contributed by atoms with Crippen molar-refractivity contribution in [1.82, 2.24) is 14.9 Å². The SMILES string of the molecule is Cc1nc(Nc2cc(Cl)ccc2Cl)cc(N2CCN(C)CC2)n1. The van der Waals surface area contributed by atoms with E-state index in [1.807, 2.05) is 13.0 Å². The topological polar surface area (TPSA) is 44.3 Å². The molecule has 1 fully saturated rings. The fraction of sp³-hybridized carbons (Fsp3) is 0.375. The molecule has 23 heavy (non-hydrogen) atoms. The van der Waals surface area contributed by atoms with Crippen LogP contribution in [0.25, 0.3) is 0 Å². The molecule has 1 aromatic heterocycles. The lowest BCUT2D eigenvalue weighted by Crippen LogP contribution is -2.44. The Morgan fingerprint density at radius 3 is 2.52 bits per heavy atom. The number of piperazine rings is 1. The van der Waals surface area contributed by atoms with Crippen molar-refractivity contribution in [3.63, 3.8) is 0 Å². The summed E-state index contributed by atoms with van der Waals surface area (Å²) in [5.74, 6) is 2.38. The van der Waals surface area contributed by atoms with Gasteiger partial charge >= 0.3 is 0 Å². The first-order valence-electron chi connectivity index (χ1n) is 7.52. The minimum absolute atomic E-state index is 0.604. The van der Waals surface area contributed by atoms with Gasteiger partial charge in [0.15, 0.2) is 0 Å². The second kappa shape index (κ2) is 6.91. The zero-order valence-electron chi connectivity index (χ0n) is 13.2. The van der Waals surface area contributed by atoms with Crippen molar-refractivity contribution in [2.45, 2.75) is 6.92 Å². The summed E-state index contributed by atoms with van der Waals surface area (Å²) in [5.41, 5.74) is 0.738. The molecule has 0 atom stereocenters. The molecule has 2 heterocycles. The lowest BCUT2D eigenvalue weighted by molar-refractivity contribution is 0.312. The highest BCUT2D eigenvalue weighted by atomic mass is 35.5. The highest BCUT2D eigenvalue weighted by Gasteiger charge is 2.16. The van der Waals surface area contributed by atoms with Crippen LogP contribution in [-0.4, -0.2) is 48.1 Å². The van der Waals surface area contributed by atoms with Gasteiger partial charge < -0.3 is 15.1 Å². The standard InChI is InChI=1S/C16H19Cl2N5/c1-11-19-15(21-14-9-12(17)3-4-13(14)18)10-16(20-11)23-7-5-22(2)6-8-23/h3-4,9-10H,5-8H2,1-2H3,(H,19,20,21). The van der Waals surface area contributed by atoms with Gasteiger partial charge in [0.1, 0.15) is 17.5 Å². The van der Waals surface area contributed by atoms with E-state index in [4.69, 9.17) is 23.2 Å². The van der Waals surface area contributed by atoms with Gasteiger partial charge in [-0.15, -0.1) is 0 Å². The summed E-state index contributed by atoms with van der Waals surface area (Å²) >= 11 is 12.2. The summed E-state index contributed by atoms with van der Waals surface area (Å²) < 4.78 is 0. The van der Waals surface area contributed by atoms with Crippen LogP contribution in [0.15, 0.2) is 24.3 Å². The average molecular weight is 352 g/mol. The Bertz CT molecular complexity index is 699. The molecule has 0 unspecified atom stereocenters. The summed E-state index contributed by atoms with van der Waals surface area (Å²) in [6.07, 6.45) is 0. The normalized spacial score (nSPS) is 15.7. The van der Waals surface area contributed by atoms with Crippen LogP contribution in [0.3, 0.4) is 0 Å². The number of rotatable bonds is 3. The van der Waals surface area contributed by atoms with Crippen LogP contribution >= 0.6 is 23.2 Å². The third-order valence-electron chi connectivity index (χ3n) is 3.84. The van der Waals surface area contributed by atoms with Crippen LogP contribution in [0.4, 0.5) is 17.3 Å². The van der Waals surface area contributed by atoms with Gasteiger partial charge in [0.25, 0.3) is 0 Å². The Morgan fingerprint density at radius 1 is 1.04 bits per heavy atom. The Morgan fingerprint density at radius 2 is 1.78 bits per heavy atom. The molecule has 0 spiro atoms. The molecule has 0 bridgehead atoms. The number of halogens is 2. The first-order valence-corrected chi connectivity index (χ1v) is 8.28. The predicted molar refractivity (Wildman–Crippen MR) is 96.2 cm³/mol. The summed E-state index contributed by atoms with van der Waals surface area (Å²) in [4.78, 5) is 13.6. The zero-order chi connectivity index (χ0) is 16.4. The van der Waals surface area contributed by atoms with Crippen molar-refractivity contribution in [3.05, 3.63) is 40.1 Å². The minimum Gasteiger partial charge on any atom is -0.354 e. The smallest absolute Gasteiger partial charge is 0.136 e. The molecule has 0 aliphatic carbocycles. The van der Waals surface area contributed by atoms with Crippen LogP contribution < -0.4 is 10.2 Å². The maximum absolute atomic E-state index is 6.21. The Kier molecular flexibility index (Phi) is 4.90. The maximum Gasteiger partial charge on any atom is 0.136 e. The van der Waals surface area contributed by atoms with Crippen LogP contribution in [0.1, 0.15) is 5.82 Å². The second-order valence-electron chi connectivity index (χ2n) is 5.70. The lowest BCUT2D eigenvalue weighted by atomic mass is 10.3. The predicted octanol–water partition coefficient (Wildman–Crippen LogP) is 3.59. The van der Waals surface area contributed by atoms with Gasteiger partial charge in [-0.25, -0.2) is 9.97 Å². The molecule has 1 aromatic carbocycles. The van der Waals surface area contributed by atoms with Gasteiger partial charge in [-0.1, -0.05) is 23.2 Å². The number of nitrogens with one attached hydrogen (secondary N) is 1. The van der Waals surface area contributed by atoms with Gasteiger partial charge in [0.05, 0.1) is 10.7 Å². The average Bonchev–Trinajstić information content (AvgIpc) is 2.51. The second-order valence-corrected chi connectivity index (χ2v) is 6.54. The summed E-state index contributed by atoms with van der Waals surface area (Å²) in [6.45, 7) is 5.89. The van der Waals surface area contributed by atoms with Gasteiger partial charge in [0, 0.05) is 37.3 Å². The van der Waals surface area contributed by atoms with E-state index in [0.29, 0.717) is 10.0 Å². The Balaban J connectivity index is 1.84. The van der Waals surface area contributed by atoms with Crippen molar-refractivity contribution in [2.24, 2.45) is 0 Å². The number of benzene rings is 1. The van der Waals surface area contributed by atoms with E-state index in [9.17, 15) is 0 Å².